The molecule has 0 aliphatic heterocycles. The number of rotatable bonds is 23. The first-order chi connectivity index (χ1) is 13.7. The molecule has 0 amide bonds. The minimum atomic E-state index is 1.06. The Morgan fingerprint density at radius 1 is 0.500 bits per heavy atom. The molecule has 0 rings (SSSR count). The molecule has 0 atom stereocenters. The smallest absolute Gasteiger partial charge is 0.0971 e. The molecule has 0 unspecified atom stereocenters. The summed E-state index contributed by atoms with van der Waals surface area (Å²) >= 11 is 0. The highest BCUT2D eigenvalue weighted by Gasteiger charge is 2.16. The van der Waals surface area contributed by atoms with Gasteiger partial charge in [0.15, 0.2) is 0 Å². The van der Waals surface area contributed by atoms with E-state index in [0.29, 0.717) is 0 Å². The zero-order chi connectivity index (χ0) is 20.8. The fraction of sp³-hybridized carbons (Fsp3) is 0.852. The summed E-state index contributed by atoms with van der Waals surface area (Å²) in [6.07, 6.45) is 30.1. The maximum atomic E-state index is 3.91. The first-order valence-corrected chi connectivity index (χ1v) is 12.7. The number of likely N-dealkylation sites (N-methyl/N-ethyl adjacent to an activating group) is 1. The van der Waals surface area contributed by atoms with Crippen molar-refractivity contribution in [2.45, 2.75) is 122 Å². The first kappa shape index (κ1) is 27.4. The van der Waals surface area contributed by atoms with Crippen LogP contribution < -0.4 is 0 Å². The number of quaternary nitrogens is 1. The first-order valence-electron chi connectivity index (χ1n) is 12.7. The van der Waals surface area contributed by atoms with Crippen LogP contribution >= 0.6 is 0 Å². The zero-order valence-electron chi connectivity index (χ0n) is 19.9. The molecule has 0 fully saturated rings. The van der Waals surface area contributed by atoms with Gasteiger partial charge in [0, 0.05) is 0 Å². The van der Waals surface area contributed by atoms with Crippen molar-refractivity contribution in [2.24, 2.45) is 0 Å². The Morgan fingerprint density at radius 3 is 1.07 bits per heavy atom. The summed E-state index contributed by atoms with van der Waals surface area (Å²) in [4.78, 5) is 0. The fourth-order valence-corrected chi connectivity index (χ4v) is 4.28. The van der Waals surface area contributed by atoms with Gasteiger partial charge in [-0.3, -0.25) is 0 Å². The largest absolute Gasteiger partial charge is 0.320 e. The van der Waals surface area contributed by atoms with Crippen LogP contribution in [0.2, 0.25) is 0 Å². The van der Waals surface area contributed by atoms with Crippen LogP contribution in [0.15, 0.2) is 25.3 Å². The average molecular weight is 393 g/mol. The number of nitrogens with zero attached hydrogens (tertiary/aromatic N) is 1. The maximum Gasteiger partial charge on any atom is 0.0971 e. The third-order valence-electron chi connectivity index (χ3n) is 6.19. The molecule has 0 aliphatic carbocycles. The third kappa shape index (κ3) is 18.8. The zero-order valence-corrected chi connectivity index (χ0v) is 19.9. The van der Waals surface area contributed by atoms with Gasteiger partial charge in [0.1, 0.15) is 0 Å². The van der Waals surface area contributed by atoms with Gasteiger partial charge in [0.2, 0.25) is 0 Å². The molecule has 0 aromatic heterocycles. The minimum absolute atomic E-state index is 1.06. The average Bonchev–Trinajstić information content (AvgIpc) is 2.67. The van der Waals surface area contributed by atoms with Gasteiger partial charge in [-0.1, -0.05) is 123 Å². The SMILES string of the molecule is C=CC[N+](C)(CC=C)CCCCCCCCCCCCCCCCCCCC. The van der Waals surface area contributed by atoms with Crippen LogP contribution in [0.1, 0.15) is 122 Å². The maximum absolute atomic E-state index is 3.91. The van der Waals surface area contributed by atoms with Crippen molar-refractivity contribution in [2.75, 3.05) is 26.7 Å². The number of hydrogen-bond donors (Lipinski definition) is 0. The van der Waals surface area contributed by atoms with E-state index in [1.54, 1.807) is 0 Å². The Kier molecular flexibility index (Phi) is 20.7. The minimum Gasteiger partial charge on any atom is -0.320 e. The monoisotopic (exact) mass is 392 g/mol. The van der Waals surface area contributed by atoms with Gasteiger partial charge in [-0.15, -0.1) is 0 Å². The van der Waals surface area contributed by atoms with E-state index in [1.165, 1.54) is 122 Å². The highest BCUT2D eigenvalue weighted by molar-refractivity contribution is 4.71. The molecule has 0 aliphatic rings. The van der Waals surface area contributed by atoms with Crippen molar-refractivity contribution in [1.82, 2.24) is 0 Å². The standard InChI is InChI=1S/C27H54N/c1-5-8-9-10-11-12-13-14-15-16-17-18-19-20-21-22-23-24-27-28(4,25-6-2)26-7-3/h6-7H,2-3,5,8-27H2,1,4H3/q+1. The van der Waals surface area contributed by atoms with Crippen LogP contribution in [-0.2, 0) is 0 Å². The van der Waals surface area contributed by atoms with Crippen molar-refractivity contribution in [3.05, 3.63) is 25.3 Å². The van der Waals surface area contributed by atoms with E-state index in [2.05, 4.69) is 39.3 Å². The van der Waals surface area contributed by atoms with E-state index >= 15 is 0 Å². The summed E-state index contributed by atoms with van der Waals surface area (Å²) in [5, 5.41) is 0. The lowest BCUT2D eigenvalue weighted by atomic mass is 10.0. The van der Waals surface area contributed by atoms with Crippen LogP contribution in [-0.4, -0.2) is 31.2 Å². The van der Waals surface area contributed by atoms with Crippen molar-refractivity contribution in [3.8, 4) is 0 Å². The molecule has 1 nitrogen and oxygen atoms in total. The van der Waals surface area contributed by atoms with Gasteiger partial charge in [0.05, 0.1) is 26.7 Å². The lowest BCUT2D eigenvalue weighted by molar-refractivity contribution is -0.898. The van der Waals surface area contributed by atoms with E-state index < -0.39 is 0 Å². The molecular weight excluding hydrogens is 338 g/mol. The molecule has 0 heterocycles. The highest BCUT2D eigenvalue weighted by atomic mass is 15.3. The second kappa shape index (κ2) is 21.2. The van der Waals surface area contributed by atoms with Gasteiger partial charge in [-0.2, -0.15) is 0 Å². The van der Waals surface area contributed by atoms with E-state index in [4.69, 9.17) is 0 Å². The van der Waals surface area contributed by atoms with Crippen molar-refractivity contribution in [3.63, 3.8) is 0 Å². The molecule has 0 aromatic rings. The van der Waals surface area contributed by atoms with E-state index in [0.717, 1.165) is 17.6 Å². The number of unbranched alkanes of at least 4 members (excludes halogenated alkanes) is 17. The molecule has 0 radical (unpaired) electrons. The van der Waals surface area contributed by atoms with Crippen LogP contribution in [0.25, 0.3) is 0 Å². The summed E-state index contributed by atoms with van der Waals surface area (Å²) in [5.41, 5.74) is 0. The molecule has 0 saturated carbocycles. The molecule has 0 bridgehead atoms. The summed E-state index contributed by atoms with van der Waals surface area (Å²) in [6.45, 7) is 13.5. The predicted octanol–water partition coefficient (Wildman–Crippen LogP) is 8.85. The summed E-state index contributed by atoms with van der Waals surface area (Å²) in [7, 11) is 2.33. The van der Waals surface area contributed by atoms with Gasteiger partial charge in [0.25, 0.3) is 0 Å². The van der Waals surface area contributed by atoms with Crippen molar-refractivity contribution >= 4 is 0 Å². The Labute approximate surface area is 179 Å². The molecule has 28 heavy (non-hydrogen) atoms. The Bertz CT molecular complexity index is 323. The summed E-state index contributed by atoms with van der Waals surface area (Å²) in [6, 6.07) is 0. The molecule has 0 aromatic carbocycles. The Morgan fingerprint density at radius 2 is 0.786 bits per heavy atom. The van der Waals surface area contributed by atoms with Gasteiger partial charge >= 0.3 is 0 Å². The van der Waals surface area contributed by atoms with Gasteiger partial charge < -0.3 is 4.48 Å². The second-order valence-corrected chi connectivity index (χ2v) is 9.30. The summed E-state index contributed by atoms with van der Waals surface area (Å²) < 4.78 is 1.08. The Hall–Kier alpha value is -0.560. The normalized spacial score (nSPS) is 11.6. The molecule has 0 spiro atoms. The van der Waals surface area contributed by atoms with Crippen LogP contribution in [0, 0.1) is 0 Å². The highest BCUT2D eigenvalue weighted by Crippen LogP contribution is 2.15. The van der Waals surface area contributed by atoms with E-state index in [-0.39, 0.29) is 0 Å². The van der Waals surface area contributed by atoms with Crippen LogP contribution in [0.3, 0.4) is 0 Å². The van der Waals surface area contributed by atoms with Crippen molar-refractivity contribution in [1.29, 1.82) is 0 Å². The van der Waals surface area contributed by atoms with Crippen LogP contribution in [0.5, 0.6) is 0 Å². The van der Waals surface area contributed by atoms with Gasteiger partial charge in [-0.05, 0) is 25.0 Å². The third-order valence-corrected chi connectivity index (χ3v) is 6.19. The van der Waals surface area contributed by atoms with Crippen molar-refractivity contribution < 1.29 is 4.48 Å². The molecular formula is C27H54N+. The topological polar surface area (TPSA) is 0 Å². The van der Waals surface area contributed by atoms with Gasteiger partial charge in [-0.25, -0.2) is 0 Å². The summed E-state index contributed by atoms with van der Waals surface area (Å²) in [5.74, 6) is 0. The fourth-order valence-electron chi connectivity index (χ4n) is 4.28. The van der Waals surface area contributed by atoms with E-state index in [9.17, 15) is 0 Å². The lowest BCUT2D eigenvalue weighted by Crippen LogP contribution is -2.44. The number of hydrogen-bond acceptors (Lipinski definition) is 0. The predicted molar refractivity (Wildman–Crippen MR) is 130 cm³/mol. The lowest BCUT2D eigenvalue weighted by Gasteiger charge is -2.32. The Balaban J connectivity index is 3.25. The molecule has 166 valence electrons. The molecule has 1 heteroatoms. The quantitative estimate of drug-likeness (QED) is 0.0925. The second-order valence-electron chi connectivity index (χ2n) is 9.30. The molecule has 0 saturated heterocycles. The van der Waals surface area contributed by atoms with Crippen LogP contribution in [0.4, 0.5) is 0 Å². The molecule has 0 N–H and O–H groups in total. The van der Waals surface area contributed by atoms with E-state index in [1.807, 2.05) is 0 Å².